The van der Waals surface area contributed by atoms with Crippen molar-refractivity contribution in [1.82, 2.24) is 4.90 Å². The van der Waals surface area contributed by atoms with E-state index in [4.69, 9.17) is 5.73 Å². The van der Waals surface area contributed by atoms with Crippen LogP contribution in [0.15, 0.2) is 0 Å². The molecule has 1 aliphatic rings. The Balaban J connectivity index is 2.22. The van der Waals surface area contributed by atoms with Crippen molar-refractivity contribution in [2.45, 2.75) is 70.1 Å². The zero-order valence-electron chi connectivity index (χ0n) is 12.4. The van der Waals surface area contributed by atoms with Gasteiger partial charge in [0.25, 0.3) is 0 Å². The lowest BCUT2D eigenvalue weighted by Crippen LogP contribution is -2.47. The first-order valence-electron chi connectivity index (χ1n) is 7.87. The van der Waals surface area contributed by atoms with Gasteiger partial charge in [-0.2, -0.15) is 11.8 Å². The summed E-state index contributed by atoms with van der Waals surface area (Å²) in [5, 5.41) is 0.841. The molecule has 0 aromatic heterocycles. The minimum Gasteiger partial charge on any atom is -0.329 e. The Kier molecular flexibility index (Phi) is 9.16. The molecular weight excluding hydrogens is 240 g/mol. The smallest absolute Gasteiger partial charge is 0.0219 e. The summed E-state index contributed by atoms with van der Waals surface area (Å²) in [6, 6.07) is 0.640. The molecule has 0 bridgehead atoms. The number of nitrogens with two attached hydrogens (primary N) is 1. The van der Waals surface area contributed by atoms with Gasteiger partial charge in [0.2, 0.25) is 0 Å². The van der Waals surface area contributed by atoms with Crippen LogP contribution >= 0.6 is 11.8 Å². The van der Waals surface area contributed by atoms with Crippen LogP contribution < -0.4 is 5.73 Å². The molecule has 2 N–H and O–H groups in total. The third-order valence-corrected chi connectivity index (χ3v) is 5.43. The lowest BCUT2D eigenvalue weighted by Gasteiger charge is -2.37. The van der Waals surface area contributed by atoms with Gasteiger partial charge in [0, 0.05) is 36.7 Å². The quantitative estimate of drug-likeness (QED) is 0.651. The molecule has 0 amide bonds. The second kappa shape index (κ2) is 10.1. The molecule has 1 saturated heterocycles. The largest absolute Gasteiger partial charge is 0.329 e. The Hall–Kier alpha value is 0.270. The van der Waals surface area contributed by atoms with Crippen molar-refractivity contribution >= 4 is 11.8 Å². The fourth-order valence-corrected chi connectivity index (χ4v) is 3.96. The fraction of sp³-hybridized carbons (Fsp3) is 1.00. The molecule has 1 fully saturated rings. The van der Waals surface area contributed by atoms with Crippen LogP contribution in [0.1, 0.15) is 58.8 Å². The molecule has 2 nitrogen and oxygen atoms in total. The van der Waals surface area contributed by atoms with E-state index >= 15 is 0 Å². The minimum atomic E-state index is 0.640. The zero-order valence-corrected chi connectivity index (χ0v) is 13.2. The molecule has 1 aliphatic heterocycles. The lowest BCUT2D eigenvalue weighted by molar-refractivity contribution is 0.192. The highest BCUT2D eigenvalue weighted by atomic mass is 32.2. The normalized spacial score (nSPS) is 23.2. The highest BCUT2D eigenvalue weighted by molar-refractivity contribution is 8.00. The SMILES string of the molecule is CCCCCCCC(CN)N1CCSC(CC)C1. The maximum atomic E-state index is 5.98. The first-order chi connectivity index (χ1) is 8.81. The van der Waals surface area contributed by atoms with Crippen molar-refractivity contribution in [2.24, 2.45) is 5.73 Å². The average molecular weight is 273 g/mol. The van der Waals surface area contributed by atoms with E-state index in [2.05, 4.69) is 30.5 Å². The van der Waals surface area contributed by atoms with Crippen LogP contribution in [0.4, 0.5) is 0 Å². The van der Waals surface area contributed by atoms with Crippen molar-refractivity contribution in [3.05, 3.63) is 0 Å². The van der Waals surface area contributed by atoms with Crippen LogP contribution in [0.25, 0.3) is 0 Å². The molecule has 0 saturated carbocycles. The Labute approximate surface area is 118 Å². The van der Waals surface area contributed by atoms with Crippen LogP contribution in [-0.2, 0) is 0 Å². The van der Waals surface area contributed by atoms with E-state index in [-0.39, 0.29) is 0 Å². The van der Waals surface area contributed by atoms with Gasteiger partial charge in [-0.05, 0) is 12.8 Å². The van der Waals surface area contributed by atoms with Crippen LogP contribution in [0.2, 0.25) is 0 Å². The first kappa shape index (κ1) is 16.3. The monoisotopic (exact) mass is 272 g/mol. The Morgan fingerprint density at radius 2 is 2.00 bits per heavy atom. The number of hydrogen-bond acceptors (Lipinski definition) is 3. The first-order valence-corrected chi connectivity index (χ1v) is 8.92. The number of hydrogen-bond donors (Lipinski definition) is 1. The summed E-state index contributed by atoms with van der Waals surface area (Å²) in [5.74, 6) is 1.30. The van der Waals surface area contributed by atoms with Gasteiger partial charge in [0.1, 0.15) is 0 Å². The summed E-state index contributed by atoms with van der Waals surface area (Å²) in [6.45, 7) is 7.94. The maximum Gasteiger partial charge on any atom is 0.0219 e. The van der Waals surface area contributed by atoms with Crippen molar-refractivity contribution in [3.63, 3.8) is 0 Å². The minimum absolute atomic E-state index is 0.640. The predicted molar refractivity (Wildman–Crippen MR) is 84.3 cm³/mol. The molecule has 0 radical (unpaired) electrons. The van der Waals surface area contributed by atoms with E-state index in [0.717, 1.165) is 11.8 Å². The van der Waals surface area contributed by atoms with E-state index in [0.29, 0.717) is 6.04 Å². The van der Waals surface area contributed by atoms with Crippen molar-refractivity contribution < 1.29 is 0 Å². The molecule has 1 heterocycles. The third-order valence-electron chi connectivity index (χ3n) is 4.05. The van der Waals surface area contributed by atoms with Crippen molar-refractivity contribution in [1.29, 1.82) is 0 Å². The Morgan fingerprint density at radius 1 is 1.22 bits per heavy atom. The van der Waals surface area contributed by atoms with Gasteiger partial charge in [-0.1, -0.05) is 46.0 Å². The van der Waals surface area contributed by atoms with Crippen LogP contribution in [0.3, 0.4) is 0 Å². The van der Waals surface area contributed by atoms with Gasteiger partial charge >= 0.3 is 0 Å². The molecular formula is C15H32N2S. The highest BCUT2D eigenvalue weighted by Crippen LogP contribution is 2.23. The molecule has 2 unspecified atom stereocenters. The molecule has 108 valence electrons. The van der Waals surface area contributed by atoms with Gasteiger partial charge in [-0.25, -0.2) is 0 Å². The van der Waals surface area contributed by atoms with Crippen LogP contribution in [0.5, 0.6) is 0 Å². The Bertz CT molecular complexity index is 199. The fourth-order valence-electron chi connectivity index (χ4n) is 2.75. The van der Waals surface area contributed by atoms with E-state index in [1.165, 1.54) is 63.8 Å². The van der Waals surface area contributed by atoms with Gasteiger partial charge < -0.3 is 5.73 Å². The number of nitrogens with zero attached hydrogens (tertiary/aromatic N) is 1. The number of rotatable bonds is 9. The molecule has 0 spiro atoms. The van der Waals surface area contributed by atoms with E-state index in [1.807, 2.05) is 0 Å². The van der Waals surface area contributed by atoms with Gasteiger partial charge in [0.05, 0.1) is 0 Å². The second-order valence-corrected chi connectivity index (χ2v) is 6.90. The van der Waals surface area contributed by atoms with Gasteiger partial charge in [-0.3, -0.25) is 4.90 Å². The molecule has 18 heavy (non-hydrogen) atoms. The van der Waals surface area contributed by atoms with E-state index < -0.39 is 0 Å². The lowest BCUT2D eigenvalue weighted by atomic mass is 10.0. The van der Waals surface area contributed by atoms with Gasteiger partial charge in [-0.15, -0.1) is 0 Å². The molecule has 0 aromatic carbocycles. The molecule has 3 heteroatoms. The highest BCUT2D eigenvalue weighted by Gasteiger charge is 2.24. The Morgan fingerprint density at radius 3 is 2.67 bits per heavy atom. The molecule has 0 aliphatic carbocycles. The zero-order chi connectivity index (χ0) is 13.2. The molecule has 2 atom stereocenters. The van der Waals surface area contributed by atoms with Crippen molar-refractivity contribution in [2.75, 3.05) is 25.4 Å². The third kappa shape index (κ3) is 5.94. The topological polar surface area (TPSA) is 29.3 Å². The average Bonchev–Trinajstić information content (AvgIpc) is 2.43. The summed E-state index contributed by atoms with van der Waals surface area (Å²) in [4.78, 5) is 2.66. The van der Waals surface area contributed by atoms with Crippen LogP contribution in [0, 0.1) is 0 Å². The van der Waals surface area contributed by atoms with E-state index in [9.17, 15) is 0 Å². The standard InChI is InChI=1S/C15H32N2S/c1-3-5-6-7-8-9-14(12-16)17-10-11-18-15(4-2)13-17/h14-15H,3-13,16H2,1-2H3. The summed E-state index contributed by atoms with van der Waals surface area (Å²) < 4.78 is 0. The maximum absolute atomic E-state index is 5.98. The van der Waals surface area contributed by atoms with Gasteiger partial charge in [0.15, 0.2) is 0 Å². The molecule has 0 aromatic rings. The summed E-state index contributed by atoms with van der Waals surface area (Å²) in [5.41, 5.74) is 5.98. The number of unbranched alkanes of at least 4 members (excludes halogenated alkanes) is 4. The molecule has 1 rings (SSSR count). The predicted octanol–water partition coefficient (Wildman–Crippen LogP) is 3.50. The summed E-state index contributed by atoms with van der Waals surface area (Å²) in [6.07, 6.45) is 9.50. The van der Waals surface area contributed by atoms with Crippen LogP contribution in [-0.4, -0.2) is 41.6 Å². The van der Waals surface area contributed by atoms with Crippen molar-refractivity contribution in [3.8, 4) is 0 Å². The summed E-state index contributed by atoms with van der Waals surface area (Å²) in [7, 11) is 0. The van der Waals surface area contributed by atoms with E-state index in [1.54, 1.807) is 0 Å². The summed E-state index contributed by atoms with van der Waals surface area (Å²) >= 11 is 2.15. The second-order valence-electron chi connectivity index (χ2n) is 5.49. The number of thioether (sulfide) groups is 1.